The first-order valence-electron chi connectivity index (χ1n) is 11.3. The van der Waals surface area contributed by atoms with Crippen molar-refractivity contribution in [2.45, 2.75) is 13.0 Å². The summed E-state index contributed by atoms with van der Waals surface area (Å²) in [6.07, 6.45) is 0.502. The van der Waals surface area contributed by atoms with Crippen LogP contribution in [-0.4, -0.2) is 15.5 Å². The second-order valence-corrected chi connectivity index (χ2v) is 9.28. The van der Waals surface area contributed by atoms with Crippen molar-refractivity contribution in [3.05, 3.63) is 140 Å². The highest BCUT2D eigenvalue weighted by molar-refractivity contribution is 6.31. The molecular weight excluding hydrogens is 493 g/mol. The summed E-state index contributed by atoms with van der Waals surface area (Å²) in [7, 11) is 0. The molecule has 0 saturated heterocycles. The Morgan fingerprint density at radius 3 is 2.31 bits per heavy atom. The van der Waals surface area contributed by atoms with E-state index in [2.05, 4.69) is 5.32 Å². The quantitative estimate of drug-likeness (QED) is 0.278. The average molecular weight is 514 g/mol. The third-order valence-electron chi connectivity index (χ3n) is 5.83. The van der Waals surface area contributed by atoms with E-state index >= 15 is 0 Å². The first-order chi connectivity index (χ1) is 17.5. The molecule has 0 atom stereocenters. The van der Waals surface area contributed by atoms with Crippen LogP contribution in [0.5, 0.6) is 0 Å². The molecule has 5 rings (SSSR count). The smallest absolute Gasteiger partial charge is 0.261 e. The molecule has 5 nitrogen and oxygen atoms in total. The number of carbonyl (C=O) groups excluding carboxylic acids is 1. The van der Waals surface area contributed by atoms with Crippen molar-refractivity contribution in [2.75, 3.05) is 5.32 Å². The summed E-state index contributed by atoms with van der Waals surface area (Å²) >= 11 is 12.1. The lowest BCUT2D eigenvalue weighted by Gasteiger charge is -2.15. The fraction of sp³-hybridized carbons (Fsp3) is 0.0690. The summed E-state index contributed by atoms with van der Waals surface area (Å²) in [6, 6.07) is 29.1. The highest BCUT2D eigenvalue weighted by Gasteiger charge is 2.14. The van der Waals surface area contributed by atoms with Crippen molar-refractivity contribution in [3.8, 4) is 0 Å². The molecule has 0 saturated carbocycles. The van der Waals surface area contributed by atoms with E-state index in [9.17, 15) is 9.59 Å². The van der Waals surface area contributed by atoms with Crippen LogP contribution in [0.4, 0.5) is 5.69 Å². The molecule has 1 amide bonds. The Hall–Kier alpha value is -3.93. The number of amides is 1. The van der Waals surface area contributed by atoms with E-state index in [1.54, 1.807) is 53.1 Å². The van der Waals surface area contributed by atoms with Crippen molar-refractivity contribution in [3.63, 3.8) is 0 Å². The summed E-state index contributed by atoms with van der Waals surface area (Å²) < 4.78 is 1.67. The Balaban J connectivity index is 1.55. The number of aromatic nitrogens is 2. The molecule has 0 fully saturated rings. The van der Waals surface area contributed by atoms with E-state index < -0.39 is 0 Å². The molecule has 5 aromatic rings. The Kier molecular flexibility index (Phi) is 6.85. The number of rotatable bonds is 6. The molecule has 0 spiro atoms. The summed E-state index contributed by atoms with van der Waals surface area (Å²) in [5.74, 6) is 0.357. The Morgan fingerprint density at radius 1 is 0.806 bits per heavy atom. The molecule has 0 aliphatic heterocycles. The molecule has 1 heterocycles. The van der Waals surface area contributed by atoms with Gasteiger partial charge in [-0.2, -0.15) is 0 Å². The molecule has 0 aliphatic rings. The first kappa shape index (κ1) is 23.8. The van der Waals surface area contributed by atoms with Crippen molar-refractivity contribution in [2.24, 2.45) is 0 Å². The molecule has 178 valence electrons. The molecular formula is C29H21Cl2N3O2. The van der Waals surface area contributed by atoms with E-state index in [4.69, 9.17) is 28.2 Å². The molecule has 7 heteroatoms. The Labute approximate surface area is 218 Å². The third-order valence-corrected chi connectivity index (χ3v) is 6.32. The fourth-order valence-corrected chi connectivity index (χ4v) is 4.38. The summed E-state index contributed by atoms with van der Waals surface area (Å²) in [5.41, 5.74) is 3.30. The zero-order valence-electron chi connectivity index (χ0n) is 19.1. The lowest BCUT2D eigenvalue weighted by molar-refractivity contribution is 0.102. The topological polar surface area (TPSA) is 64.0 Å². The molecule has 0 aliphatic carbocycles. The van der Waals surface area contributed by atoms with Crippen LogP contribution in [0.2, 0.25) is 10.0 Å². The van der Waals surface area contributed by atoms with Gasteiger partial charge in [0.05, 0.1) is 17.4 Å². The maximum atomic E-state index is 13.7. The van der Waals surface area contributed by atoms with Gasteiger partial charge in [0.15, 0.2) is 0 Å². The molecule has 0 radical (unpaired) electrons. The molecule has 4 aromatic carbocycles. The maximum Gasteiger partial charge on any atom is 0.261 e. The van der Waals surface area contributed by atoms with Gasteiger partial charge in [0, 0.05) is 27.7 Å². The lowest BCUT2D eigenvalue weighted by Crippen LogP contribution is -2.26. The van der Waals surface area contributed by atoms with Crippen LogP contribution in [0.3, 0.4) is 0 Å². The van der Waals surface area contributed by atoms with Crippen LogP contribution < -0.4 is 10.9 Å². The Bertz CT molecular complexity index is 1610. The van der Waals surface area contributed by atoms with Gasteiger partial charge in [-0.1, -0.05) is 65.7 Å². The van der Waals surface area contributed by atoms with Gasteiger partial charge in [0.1, 0.15) is 5.82 Å². The Morgan fingerprint density at radius 2 is 1.56 bits per heavy atom. The number of carbonyl (C=O) groups is 1. The summed E-state index contributed by atoms with van der Waals surface area (Å²) in [6.45, 7) is 0.325. The van der Waals surface area contributed by atoms with E-state index in [1.165, 1.54) is 0 Å². The number of halogens is 2. The van der Waals surface area contributed by atoms with Crippen LogP contribution >= 0.6 is 23.2 Å². The zero-order chi connectivity index (χ0) is 25.1. The normalized spacial score (nSPS) is 10.9. The summed E-state index contributed by atoms with van der Waals surface area (Å²) in [5, 5.41) is 4.43. The molecule has 1 aromatic heterocycles. The number of nitrogens with one attached hydrogen (secondary N) is 1. The SMILES string of the molecule is O=C(Nc1ccc2nc(Cc3ccccc3)n(Cc3cccc(Cl)c3)c(=O)c2c1)c1ccc(Cl)cc1. The highest BCUT2D eigenvalue weighted by Crippen LogP contribution is 2.20. The lowest BCUT2D eigenvalue weighted by atomic mass is 10.1. The van der Waals surface area contributed by atoms with Crippen LogP contribution in [-0.2, 0) is 13.0 Å². The standard InChI is InChI=1S/C29H21Cl2N3O2/c30-22-11-9-21(10-12-22)28(35)32-24-13-14-26-25(17-24)29(36)34(18-20-7-4-8-23(31)15-20)27(33-26)16-19-5-2-1-3-6-19/h1-15,17H,16,18H2,(H,32,35). The second-order valence-electron chi connectivity index (χ2n) is 8.40. The number of benzene rings is 4. The predicted molar refractivity (Wildman–Crippen MR) is 145 cm³/mol. The largest absolute Gasteiger partial charge is 0.322 e. The monoisotopic (exact) mass is 513 g/mol. The van der Waals surface area contributed by atoms with E-state index in [0.717, 1.165) is 11.1 Å². The molecule has 0 unspecified atom stereocenters. The fourth-order valence-electron chi connectivity index (χ4n) is 4.04. The van der Waals surface area contributed by atoms with Gasteiger partial charge in [-0.25, -0.2) is 4.98 Å². The number of anilines is 1. The number of hydrogen-bond donors (Lipinski definition) is 1. The predicted octanol–water partition coefficient (Wildman–Crippen LogP) is 6.59. The molecule has 0 bridgehead atoms. The first-order valence-corrected chi connectivity index (χ1v) is 12.1. The van der Waals surface area contributed by atoms with Crippen LogP contribution in [0.15, 0.2) is 102 Å². The number of hydrogen-bond acceptors (Lipinski definition) is 3. The maximum absolute atomic E-state index is 13.7. The van der Waals surface area contributed by atoms with Gasteiger partial charge in [0.2, 0.25) is 0 Å². The zero-order valence-corrected chi connectivity index (χ0v) is 20.6. The molecule has 36 heavy (non-hydrogen) atoms. The number of nitrogens with zero attached hydrogens (tertiary/aromatic N) is 2. The molecule has 1 N–H and O–H groups in total. The second kappa shape index (κ2) is 10.4. The van der Waals surface area contributed by atoms with Crippen molar-refractivity contribution < 1.29 is 4.79 Å². The van der Waals surface area contributed by atoms with Gasteiger partial charge < -0.3 is 5.32 Å². The van der Waals surface area contributed by atoms with Crippen molar-refractivity contribution >= 4 is 45.7 Å². The van der Waals surface area contributed by atoms with Crippen LogP contribution in [0.25, 0.3) is 10.9 Å². The minimum atomic E-state index is -0.293. The van der Waals surface area contributed by atoms with Gasteiger partial charge in [-0.05, 0) is 65.7 Å². The summed E-state index contributed by atoms with van der Waals surface area (Å²) in [4.78, 5) is 31.3. The highest BCUT2D eigenvalue weighted by atomic mass is 35.5. The van der Waals surface area contributed by atoms with E-state index in [1.807, 2.05) is 48.5 Å². The van der Waals surface area contributed by atoms with Gasteiger partial charge >= 0.3 is 0 Å². The van der Waals surface area contributed by atoms with Gasteiger partial charge in [0.25, 0.3) is 11.5 Å². The van der Waals surface area contributed by atoms with E-state index in [-0.39, 0.29) is 11.5 Å². The van der Waals surface area contributed by atoms with Gasteiger partial charge in [-0.3, -0.25) is 14.2 Å². The van der Waals surface area contributed by atoms with Crippen LogP contribution in [0.1, 0.15) is 27.3 Å². The minimum Gasteiger partial charge on any atom is -0.322 e. The van der Waals surface area contributed by atoms with E-state index in [0.29, 0.717) is 51.0 Å². The minimum absolute atomic E-state index is 0.187. The number of fused-ring (bicyclic) bond motifs is 1. The van der Waals surface area contributed by atoms with Crippen molar-refractivity contribution in [1.82, 2.24) is 9.55 Å². The van der Waals surface area contributed by atoms with Crippen LogP contribution in [0, 0.1) is 0 Å². The third kappa shape index (κ3) is 5.33. The average Bonchev–Trinajstić information content (AvgIpc) is 2.88. The van der Waals surface area contributed by atoms with Gasteiger partial charge in [-0.15, -0.1) is 0 Å². The van der Waals surface area contributed by atoms with Crippen molar-refractivity contribution in [1.29, 1.82) is 0 Å².